The van der Waals surface area contributed by atoms with Crippen molar-refractivity contribution in [3.8, 4) is 0 Å². The Balaban J connectivity index is 1.62. The number of aliphatic hydroxyl groups is 1. The summed E-state index contributed by atoms with van der Waals surface area (Å²) in [6.45, 7) is 10.0. The van der Waals surface area contributed by atoms with Crippen LogP contribution in [-0.2, 0) is 4.79 Å². The number of hydrogen-bond acceptors (Lipinski definition) is 2. The summed E-state index contributed by atoms with van der Waals surface area (Å²) in [5.74, 6) is 1.45. The number of carbonyl (C=O) groups is 1. The van der Waals surface area contributed by atoms with Crippen molar-refractivity contribution in [1.29, 1.82) is 0 Å². The van der Waals surface area contributed by atoms with Crippen LogP contribution in [0.5, 0.6) is 0 Å². The van der Waals surface area contributed by atoms with Crippen molar-refractivity contribution in [2.45, 2.75) is 77.2 Å². The van der Waals surface area contributed by atoms with E-state index in [1.165, 1.54) is 32.1 Å². The van der Waals surface area contributed by atoms with Gasteiger partial charge in [0.2, 0.25) is 5.91 Å². The van der Waals surface area contributed by atoms with E-state index in [4.69, 9.17) is 0 Å². The molecule has 0 radical (unpaired) electrons. The van der Waals surface area contributed by atoms with Gasteiger partial charge in [-0.15, -0.1) is 0 Å². The van der Waals surface area contributed by atoms with Gasteiger partial charge in [0, 0.05) is 6.54 Å². The van der Waals surface area contributed by atoms with Gasteiger partial charge in [-0.2, -0.15) is 0 Å². The lowest BCUT2D eigenvalue weighted by Gasteiger charge is -2.64. The highest BCUT2D eigenvalue weighted by Gasteiger charge is 2.66. The van der Waals surface area contributed by atoms with Crippen molar-refractivity contribution in [2.75, 3.05) is 11.9 Å². The zero-order valence-corrected chi connectivity index (χ0v) is 18.0. The van der Waals surface area contributed by atoms with Crippen molar-refractivity contribution in [3.63, 3.8) is 0 Å². The molecule has 4 aliphatic rings. The normalized spacial score (nSPS) is 50.1. The molecule has 6 atom stereocenters. The lowest BCUT2D eigenvalue weighted by atomic mass is 9.41. The third kappa shape index (κ3) is 2.57. The summed E-state index contributed by atoms with van der Waals surface area (Å²) >= 11 is 3.27. The first-order valence-corrected chi connectivity index (χ1v) is 11.5. The van der Waals surface area contributed by atoms with Gasteiger partial charge in [-0.05, 0) is 85.0 Å². The fraction of sp³-hybridized carbons (Fsp3) is 0.864. The summed E-state index contributed by atoms with van der Waals surface area (Å²) in [7, 11) is 0. The molecule has 2 bridgehead atoms. The molecule has 2 N–H and O–H groups in total. The number of rotatable bonds is 3. The lowest BCUT2D eigenvalue weighted by molar-refractivity contribution is -0.163. The third-order valence-electron chi connectivity index (χ3n) is 9.09. The standard InChI is InChI=1S/C22H34BrNO2/c1-15-11-21-9-5-16-19(2,14-24-18(25)12-23)7-4-8-20(16,3)17(21)6-10-22(15,26)13-21/h16-17,26H,1,4-14H2,2-3H3,(H,24,25)/t16?,17?,19-,20+,21+,22-/m0/s1. The monoisotopic (exact) mass is 423 g/mol. The summed E-state index contributed by atoms with van der Waals surface area (Å²) < 4.78 is 0. The van der Waals surface area contributed by atoms with Crippen LogP contribution >= 0.6 is 15.9 Å². The number of alkyl halides is 1. The second-order valence-corrected chi connectivity index (χ2v) is 11.0. The first-order chi connectivity index (χ1) is 12.2. The molecule has 4 aliphatic carbocycles. The largest absolute Gasteiger partial charge is 0.386 e. The van der Waals surface area contributed by atoms with Gasteiger partial charge in [0.25, 0.3) is 0 Å². The van der Waals surface area contributed by atoms with Crippen LogP contribution in [-0.4, -0.2) is 28.5 Å². The first-order valence-electron chi connectivity index (χ1n) is 10.4. The van der Waals surface area contributed by atoms with Crippen LogP contribution in [0.4, 0.5) is 0 Å². The van der Waals surface area contributed by atoms with Gasteiger partial charge in [-0.3, -0.25) is 4.79 Å². The fourth-order valence-electron chi connectivity index (χ4n) is 8.04. The van der Waals surface area contributed by atoms with Gasteiger partial charge in [-0.1, -0.05) is 42.8 Å². The molecule has 146 valence electrons. The quantitative estimate of drug-likeness (QED) is 0.515. The summed E-state index contributed by atoms with van der Waals surface area (Å²) in [4.78, 5) is 11.8. The second kappa shape index (κ2) is 6.07. The van der Waals surface area contributed by atoms with Crippen LogP contribution in [0.1, 0.15) is 71.6 Å². The van der Waals surface area contributed by atoms with Gasteiger partial charge >= 0.3 is 0 Å². The van der Waals surface area contributed by atoms with E-state index in [2.05, 4.69) is 41.7 Å². The minimum atomic E-state index is -0.582. The van der Waals surface area contributed by atoms with Crippen LogP contribution in [0.15, 0.2) is 12.2 Å². The highest BCUT2D eigenvalue weighted by molar-refractivity contribution is 9.09. The minimum absolute atomic E-state index is 0.0978. The molecule has 4 saturated carbocycles. The van der Waals surface area contributed by atoms with Crippen LogP contribution < -0.4 is 5.32 Å². The number of nitrogens with one attached hydrogen (secondary N) is 1. The molecular formula is C22H34BrNO2. The average molecular weight is 424 g/mol. The molecule has 4 fully saturated rings. The lowest BCUT2D eigenvalue weighted by Crippen LogP contribution is -2.59. The Hall–Kier alpha value is -0.350. The summed E-state index contributed by atoms with van der Waals surface area (Å²) in [5, 5.41) is 14.6. The van der Waals surface area contributed by atoms with E-state index in [0.717, 1.165) is 37.8 Å². The van der Waals surface area contributed by atoms with Crippen molar-refractivity contribution in [1.82, 2.24) is 5.32 Å². The van der Waals surface area contributed by atoms with E-state index in [1.807, 2.05) is 0 Å². The Labute approximate surface area is 166 Å². The maximum absolute atomic E-state index is 11.8. The molecule has 4 rings (SSSR count). The van der Waals surface area contributed by atoms with Gasteiger partial charge in [0.1, 0.15) is 0 Å². The molecule has 0 aromatic rings. The van der Waals surface area contributed by atoms with Crippen LogP contribution in [0, 0.1) is 28.1 Å². The molecule has 1 spiro atoms. The molecule has 0 aliphatic heterocycles. The number of fused-ring (bicyclic) bond motifs is 3. The highest BCUT2D eigenvalue weighted by Crippen LogP contribution is 2.72. The maximum atomic E-state index is 11.8. The van der Waals surface area contributed by atoms with Gasteiger partial charge in [0.05, 0.1) is 10.9 Å². The van der Waals surface area contributed by atoms with E-state index in [-0.39, 0.29) is 16.7 Å². The molecule has 1 amide bonds. The van der Waals surface area contributed by atoms with E-state index in [9.17, 15) is 9.90 Å². The molecule has 26 heavy (non-hydrogen) atoms. The van der Waals surface area contributed by atoms with Gasteiger partial charge in [-0.25, -0.2) is 0 Å². The zero-order chi connectivity index (χ0) is 18.8. The van der Waals surface area contributed by atoms with Crippen molar-refractivity contribution < 1.29 is 9.90 Å². The Morgan fingerprint density at radius 3 is 2.69 bits per heavy atom. The summed E-state index contributed by atoms with van der Waals surface area (Å²) in [5.41, 5.74) is 1.32. The smallest absolute Gasteiger partial charge is 0.230 e. The number of halogens is 1. The molecule has 4 heteroatoms. The predicted octanol–water partition coefficient (Wildman–Crippen LogP) is 4.58. The first kappa shape index (κ1) is 19.0. The highest BCUT2D eigenvalue weighted by atomic mass is 79.9. The van der Waals surface area contributed by atoms with Crippen LogP contribution in [0.25, 0.3) is 0 Å². The average Bonchev–Trinajstić information content (AvgIpc) is 2.76. The molecular weight excluding hydrogens is 390 g/mol. The number of hydrogen-bond donors (Lipinski definition) is 2. The van der Waals surface area contributed by atoms with E-state index >= 15 is 0 Å². The summed E-state index contributed by atoms with van der Waals surface area (Å²) in [6.07, 6.45) is 10.3. The molecule has 3 nitrogen and oxygen atoms in total. The molecule has 2 unspecified atom stereocenters. The van der Waals surface area contributed by atoms with Crippen LogP contribution in [0.2, 0.25) is 0 Å². The molecule has 0 heterocycles. The maximum Gasteiger partial charge on any atom is 0.230 e. The minimum Gasteiger partial charge on any atom is -0.386 e. The number of amides is 1. The van der Waals surface area contributed by atoms with E-state index in [1.54, 1.807) is 0 Å². The topological polar surface area (TPSA) is 49.3 Å². The predicted molar refractivity (Wildman–Crippen MR) is 108 cm³/mol. The Morgan fingerprint density at radius 2 is 1.96 bits per heavy atom. The van der Waals surface area contributed by atoms with Crippen molar-refractivity contribution in [2.24, 2.45) is 28.1 Å². The van der Waals surface area contributed by atoms with Crippen LogP contribution in [0.3, 0.4) is 0 Å². The second-order valence-electron chi connectivity index (χ2n) is 10.5. The molecule has 0 aromatic carbocycles. The molecule has 0 saturated heterocycles. The fourth-order valence-corrected chi connectivity index (χ4v) is 8.24. The third-order valence-corrected chi connectivity index (χ3v) is 9.60. The Bertz CT molecular complexity index is 636. The van der Waals surface area contributed by atoms with Crippen molar-refractivity contribution >= 4 is 21.8 Å². The number of carbonyl (C=O) groups excluding carboxylic acids is 1. The summed E-state index contributed by atoms with van der Waals surface area (Å²) in [6, 6.07) is 0. The van der Waals surface area contributed by atoms with E-state index in [0.29, 0.717) is 22.6 Å². The van der Waals surface area contributed by atoms with Gasteiger partial charge < -0.3 is 10.4 Å². The SMILES string of the molecule is C=C1C[C@@]23CCC4[C@](C)(CNC(=O)CBr)CCC[C@@]4(C)C2CC[C@]1(O)C3. The molecule has 0 aromatic heterocycles. The Kier molecular flexibility index (Phi) is 4.43. The van der Waals surface area contributed by atoms with E-state index < -0.39 is 5.60 Å². The zero-order valence-electron chi connectivity index (χ0n) is 16.4. The van der Waals surface area contributed by atoms with Gasteiger partial charge in [0.15, 0.2) is 0 Å². The Morgan fingerprint density at radius 1 is 1.23 bits per heavy atom. The van der Waals surface area contributed by atoms with Crippen molar-refractivity contribution in [3.05, 3.63) is 12.2 Å².